The van der Waals surface area contributed by atoms with E-state index in [4.69, 9.17) is 10.5 Å². The van der Waals surface area contributed by atoms with Gasteiger partial charge in [0.25, 0.3) is 5.91 Å². The Balaban J connectivity index is 2.35. The Morgan fingerprint density at radius 2 is 2.04 bits per heavy atom. The summed E-state index contributed by atoms with van der Waals surface area (Å²) in [6.07, 6.45) is 0.331. The molecule has 2 N–H and O–H groups in total. The van der Waals surface area contributed by atoms with Crippen molar-refractivity contribution in [3.63, 3.8) is 0 Å². The van der Waals surface area contributed by atoms with E-state index in [1.807, 2.05) is 26.0 Å². The van der Waals surface area contributed by atoms with Crippen LogP contribution in [0.4, 0.5) is 0 Å². The largest absolute Gasteiger partial charge is 0.489 e. The number of nitrogens with two attached hydrogens (primary N) is 1. The van der Waals surface area contributed by atoms with E-state index >= 15 is 0 Å². The number of fused-ring (bicyclic) bond motifs is 1. The molecular formula is C17H21BrN2O4. The third-order valence-electron chi connectivity index (χ3n) is 3.84. The van der Waals surface area contributed by atoms with Gasteiger partial charge in [0.2, 0.25) is 5.91 Å². The zero-order valence-corrected chi connectivity index (χ0v) is 15.6. The maximum absolute atomic E-state index is 12.9. The molecule has 2 amide bonds. The molecule has 1 aromatic carbocycles. The molecule has 2 rings (SSSR count). The molecule has 0 radical (unpaired) electrons. The van der Waals surface area contributed by atoms with E-state index in [1.54, 1.807) is 0 Å². The lowest BCUT2D eigenvalue weighted by molar-refractivity contribution is -0.123. The number of benzene rings is 1. The highest BCUT2D eigenvalue weighted by Gasteiger charge is 2.38. The number of Topliss-reactive ketones (excluding diaryl/α,β-unsaturated/α-hetero) is 1. The van der Waals surface area contributed by atoms with E-state index in [0.29, 0.717) is 15.8 Å². The average molecular weight is 397 g/mol. The minimum absolute atomic E-state index is 0.0445. The van der Waals surface area contributed by atoms with Gasteiger partial charge < -0.3 is 20.2 Å². The van der Waals surface area contributed by atoms with Crippen LogP contribution >= 0.6 is 15.9 Å². The first-order valence-corrected chi connectivity index (χ1v) is 8.59. The van der Waals surface area contributed by atoms with Gasteiger partial charge in [-0.3, -0.25) is 9.59 Å². The van der Waals surface area contributed by atoms with Crippen LogP contribution in [0.25, 0.3) is 0 Å². The Morgan fingerprint density at radius 3 is 2.58 bits per heavy atom. The Kier molecular flexibility index (Phi) is 5.64. The third kappa shape index (κ3) is 3.77. The summed E-state index contributed by atoms with van der Waals surface area (Å²) < 4.78 is 6.47. The number of primary amides is 1. The first kappa shape index (κ1) is 18.4. The number of nitrogens with zero attached hydrogens (tertiary/aromatic N) is 1. The molecule has 1 aliphatic rings. The van der Waals surface area contributed by atoms with Crippen molar-refractivity contribution in [2.75, 3.05) is 0 Å². The van der Waals surface area contributed by atoms with Crippen LogP contribution in [0.5, 0.6) is 5.75 Å². The molecule has 1 heterocycles. The molecule has 0 aliphatic carbocycles. The van der Waals surface area contributed by atoms with Crippen LogP contribution in [-0.2, 0) is 16.1 Å². The topological polar surface area (TPSA) is 89.7 Å². The van der Waals surface area contributed by atoms with Gasteiger partial charge in [-0.15, -0.1) is 0 Å². The molecule has 1 atom stereocenters. The summed E-state index contributed by atoms with van der Waals surface area (Å²) in [5.41, 5.74) is 6.70. The monoisotopic (exact) mass is 396 g/mol. The number of carbonyl (C=O) groups excluding carboxylic acids is 3. The molecule has 0 saturated heterocycles. The van der Waals surface area contributed by atoms with E-state index in [9.17, 15) is 14.4 Å². The lowest BCUT2D eigenvalue weighted by atomic mass is 10.1. The lowest BCUT2D eigenvalue weighted by Crippen LogP contribution is -2.45. The molecule has 6 nitrogen and oxygen atoms in total. The fourth-order valence-corrected chi connectivity index (χ4v) is 3.18. The number of ketones is 1. The summed E-state index contributed by atoms with van der Waals surface area (Å²) in [4.78, 5) is 37.3. The van der Waals surface area contributed by atoms with Gasteiger partial charge in [0, 0.05) is 13.0 Å². The van der Waals surface area contributed by atoms with Gasteiger partial charge in [-0.2, -0.15) is 0 Å². The summed E-state index contributed by atoms with van der Waals surface area (Å²) in [5.74, 6) is -0.473. The predicted molar refractivity (Wildman–Crippen MR) is 92.7 cm³/mol. The van der Waals surface area contributed by atoms with Crippen molar-refractivity contribution >= 4 is 33.5 Å². The van der Waals surface area contributed by atoms with Crippen molar-refractivity contribution in [2.24, 2.45) is 5.73 Å². The van der Waals surface area contributed by atoms with Gasteiger partial charge in [-0.1, -0.05) is 6.07 Å². The third-order valence-corrected chi connectivity index (χ3v) is 4.46. The fraction of sp³-hybridized carbons (Fsp3) is 0.471. The second-order valence-electron chi connectivity index (χ2n) is 6.17. The van der Waals surface area contributed by atoms with Gasteiger partial charge in [-0.25, -0.2) is 0 Å². The Labute approximate surface area is 149 Å². The zero-order valence-electron chi connectivity index (χ0n) is 14.0. The summed E-state index contributed by atoms with van der Waals surface area (Å²) in [6.45, 7) is 5.48. The van der Waals surface area contributed by atoms with E-state index in [2.05, 4.69) is 15.9 Å². The second-order valence-corrected chi connectivity index (χ2v) is 7.02. The molecule has 130 valence electrons. The van der Waals surface area contributed by atoms with Crippen molar-refractivity contribution < 1.29 is 19.1 Å². The van der Waals surface area contributed by atoms with Crippen molar-refractivity contribution in [1.82, 2.24) is 4.90 Å². The van der Waals surface area contributed by atoms with E-state index in [-0.39, 0.29) is 37.2 Å². The maximum atomic E-state index is 12.9. The highest BCUT2D eigenvalue weighted by molar-refractivity contribution is 9.10. The molecule has 0 saturated carbocycles. The SMILES string of the molecule is CC(=O)CCC(C(N)=O)N1Cc2ccc(Br)c(OC(C)C)c2C1=O. The first-order valence-electron chi connectivity index (χ1n) is 7.80. The van der Waals surface area contributed by atoms with E-state index < -0.39 is 11.9 Å². The number of ether oxygens (including phenoxy) is 1. The summed E-state index contributed by atoms with van der Waals surface area (Å²) in [6, 6.07) is 2.84. The average Bonchev–Trinajstić information content (AvgIpc) is 2.79. The van der Waals surface area contributed by atoms with Crippen molar-refractivity contribution in [3.8, 4) is 5.75 Å². The molecule has 1 aliphatic heterocycles. The minimum atomic E-state index is -0.806. The molecule has 1 aromatic rings. The van der Waals surface area contributed by atoms with E-state index in [1.165, 1.54) is 11.8 Å². The molecule has 1 unspecified atom stereocenters. The minimum Gasteiger partial charge on any atom is -0.489 e. The van der Waals surface area contributed by atoms with Crippen LogP contribution in [0.2, 0.25) is 0 Å². The molecule has 0 aromatic heterocycles. The quantitative estimate of drug-likeness (QED) is 0.765. The highest BCUT2D eigenvalue weighted by atomic mass is 79.9. The Bertz CT molecular complexity index is 687. The zero-order chi connectivity index (χ0) is 18.0. The standard InChI is InChI=1S/C17H21BrN2O4/c1-9(2)24-15-12(18)6-5-11-8-20(17(23)14(11)15)13(16(19)22)7-4-10(3)21/h5-6,9,13H,4,7-8H2,1-3H3,(H2,19,22). The number of carbonyl (C=O) groups is 3. The molecule has 0 fully saturated rings. The van der Waals surface area contributed by atoms with Crippen LogP contribution in [-0.4, -0.2) is 34.6 Å². The Morgan fingerprint density at radius 1 is 1.38 bits per heavy atom. The summed E-state index contributed by atoms with van der Waals surface area (Å²) in [5, 5.41) is 0. The van der Waals surface area contributed by atoms with Crippen molar-refractivity contribution in [1.29, 1.82) is 0 Å². The van der Waals surface area contributed by atoms with Gasteiger partial charge in [0.05, 0.1) is 16.1 Å². The second kappa shape index (κ2) is 7.34. The molecule has 7 heteroatoms. The number of halogens is 1. The fourth-order valence-electron chi connectivity index (χ4n) is 2.76. The number of amides is 2. The van der Waals surface area contributed by atoms with Crippen LogP contribution in [0.15, 0.2) is 16.6 Å². The van der Waals surface area contributed by atoms with Gasteiger partial charge in [-0.05, 0) is 54.8 Å². The van der Waals surface area contributed by atoms with Gasteiger partial charge in [0.1, 0.15) is 17.6 Å². The van der Waals surface area contributed by atoms with Crippen LogP contribution < -0.4 is 10.5 Å². The van der Waals surface area contributed by atoms with Crippen LogP contribution in [0, 0.1) is 0 Å². The number of rotatable bonds is 7. The molecule has 0 spiro atoms. The van der Waals surface area contributed by atoms with Crippen LogP contribution in [0.1, 0.15) is 49.5 Å². The van der Waals surface area contributed by atoms with Gasteiger partial charge in [0.15, 0.2) is 0 Å². The smallest absolute Gasteiger partial charge is 0.259 e. The molecular weight excluding hydrogens is 376 g/mol. The summed E-state index contributed by atoms with van der Waals surface area (Å²) >= 11 is 3.41. The van der Waals surface area contributed by atoms with Crippen molar-refractivity contribution in [3.05, 3.63) is 27.7 Å². The predicted octanol–water partition coefficient (Wildman–Crippen LogP) is 2.42. The summed E-state index contributed by atoms with van der Waals surface area (Å²) in [7, 11) is 0. The van der Waals surface area contributed by atoms with Crippen molar-refractivity contribution in [2.45, 2.75) is 52.3 Å². The number of hydrogen-bond acceptors (Lipinski definition) is 4. The van der Waals surface area contributed by atoms with Crippen LogP contribution in [0.3, 0.4) is 0 Å². The van der Waals surface area contributed by atoms with Gasteiger partial charge >= 0.3 is 0 Å². The first-order chi connectivity index (χ1) is 11.2. The molecule has 24 heavy (non-hydrogen) atoms. The van der Waals surface area contributed by atoms with E-state index in [0.717, 1.165) is 5.56 Å². The lowest BCUT2D eigenvalue weighted by Gasteiger charge is -2.25. The normalized spacial score (nSPS) is 14.7. The maximum Gasteiger partial charge on any atom is 0.259 e. The Hall–Kier alpha value is -1.89. The number of hydrogen-bond donors (Lipinski definition) is 1. The highest BCUT2D eigenvalue weighted by Crippen LogP contribution is 2.38. The molecule has 0 bridgehead atoms.